The van der Waals surface area contributed by atoms with Crippen LogP contribution in [0.3, 0.4) is 0 Å². The summed E-state index contributed by atoms with van der Waals surface area (Å²) in [6.07, 6.45) is 0. The molecule has 0 aliphatic rings. The number of benzene rings is 3. The first-order valence-electron chi connectivity index (χ1n) is 10.1. The number of hydrogen-bond acceptors (Lipinski definition) is 7. The fourth-order valence-electron chi connectivity index (χ4n) is 3.47. The van der Waals surface area contributed by atoms with Crippen LogP contribution in [0.1, 0.15) is 0 Å². The lowest BCUT2D eigenvalue weighted by molar-refractivity contribution is 0.455. The first-order chi connectivity index (χ1) is 16.8. The van der Waals surface area contributed by atoms with E-state index in [0.717, 1.165) is 15.5 Å². The summed E-state index contributed by atoms with van der Waals surface area (Å²) < 4.78 is 6.61. The van der Waals surface area contributed by atoms with Crippen molar-refractivity contribution >= 4 is 39.8 Å². The van der Waals surface area contributed by atoms with Crippen LogP contribution < -0.4 is 27.3 Å². The molecule has 0 amide bonds. The van der Waals surface area contributed by atoms with Crippen molar-refractivity contribution in [3.63, 3.8) is 0 Å². The van der Waals surface area contributed by atoms with Gasteiger partial charge >= 0.3 is 5.69 Å². The van der Waals surface area contributed by atoms with Crippen LogP contribution in [0.15, 0.2) is 75.0 Å². The zero-order chi connectivity index (χ0) is 24.7. The van der Waals surface area contributed by atoms with Crippen molar-refractivity contribution in [1.82, 2.24) is 25.0 Å². The van der Waals surface area contributed by atoms with E-state index in [0.29, 0.717) is 11.1 Å². The van der Waals surface area contributed by atoms with Gasteiger partial charge in [-0.05, 0) is 34.5 Å². The second-order valence-corrected chi connectivity index (χ2v) is 8.22. The Morgan fingerprint density at radius 2 is 1.60 bits per heavy atom. The van der Waals surface area contributed by atoms with Crippen LogP contribution in [0.2, 0.25) is 10.0 Å². The molecular formula is C23H14Cl2N6O4. The maximum Gasteiger partial charge on any atom is 0.349 e. The lowest BCUT2D eigenvalue weighted by Crippen LogP contribution is -2.33. The van der Waals surface area contributed by atoms with E-state index in [-0.39, 0.29) is 27.4 Å². The number of nitrogens with one attached hydrogen (secondary N) is 2. The van der Waals surface area contributed by atoms with E-state index in [2.05, 4.69) is 15.3 Å². The van der Waals surface area contributed by atoms with Crippen LogP contribution in [-0.4, -0.2) is 25.0 Å². The maximum absolute atomic E-state index is 12.5. The molecule has 174 valence electrons. The maximum atomic E-state index is 12.5. The van der Waals surface area contributed by atoms with Crippen molar-refractivity contribution in [2.24, 2.45) is 0 Å². The fraction of sp³-hybridized carbons (Fsp3) is 0. The van der Waals surface area contributed by atoms with E-state index >= 15 is 0 Å². The zero-order valence-corrected chi connectivity index (χ0v) is 19.1. The molecule has 0 radical (unpaired) electrons. The second-order valence-electron chi connectivity index (χ2n) is 7.41. The van der Waals surface area contributed by atoms with E-state index in [1.165, 1.54) is 18.2 Å². The van der Waals surface area contributed by atoms with Gasteiger partial charge in [0.05, 0.1) is 21.3 Å². The smallest absolute Gasteiger partial charge is 0.349 e. The summed E-state index contributed by atoms with van der Waals surface area (Å²) in [5.74, 6) is -0.338. The third-order valence-corrected chi connectivity index (χ3v) is 5.69. The highest BCUT2D eigenvalue weighted by molar-refractivity contribution is 6.37. The predicted octanol–water partition coefficient (Wildman–Crippen LogP) is 3.51. The monoisotopic (exact) mass is 508 g/mol. The molecule has 0 fully saturated rings. The molecule has 5 rings (SSSR count). The van der Waals surface area contributed by atoms with E-state index in [9.17, 15) is 14.4 Å². The Kier molecular flexibility index (Phi) is 5.59. The van der Waals surface area contributed by atoms with Gasteiger partial charge in [-0.2, -0.15) is 4.68 Å². The molecule has 0 atom stereocenters. The summed E-state index contributed by atoms with van der Waals surface area (Å²) >= 11 is 12.7. The number of aromatic amines is 2. The Morgan fingerprint density at radius 1 is 0.886 bits per heavy atom. The SMILES string of the molecule is Nc1nn(-c2cc(Cl)c(Oc3cc(-c4ccc5ccccc5c4)c(=O)[nH]n3)c(Cl)c2)c(=O)[nH]c1=O. The summed E-state index contributed by atoms with van der Waals surface area (Å²) in [5, 5.41) is 12.1. The number of H-pyrrole nitrogens is 2. The highest BCUT2D eigenvalue weighted by Crippen LogP contribution is 2.38. The van der Waals surface area contributed by atoms with Gasteiger partial charge in [-0.3, -0.25) is 14.6 Å². The molecule has 3 aromatic carbocycles. The van der Waals surface area contributed by atoms with Crippen molar-refractivity contribution in [1.29, 1.82) is 0 Å². The lowest BCUT2D eigenvalue weighted by atomic mass is 10.0. The number of nitrogens with zero attached hydrogens (tertiary/aromatic N) is 3. The standard InChI is InChI=1S/C23H14Cl2N6O4/c24-16-8-14(31-23(34)27-22(33)20(26)30-31)9-17(25)19(16)35-18-10-15(21(32)29-28-18)13-6-5-11-3-1-2-4-12(11)7-13/h1-10H,(H2,26,30)(H,29,32)(H,27,33,34). The molecule has 2 aromatic heterocycles. The molecule has 10 nitrogen and oxygen atoms in total. The summed E-state index contributed by atoms with van der Waals surface area (Å²) in [6, 6.07) is 17.6. The molecule has 35 heavy (non-hydrogen) atoms. The molecule has 0 bridgehead atoms. The number of nitrogen functional groups attached to an aromatic ring is 1. The summed E-state index contributed by atoms with van der Waals surface area (Å²) in [7, 11) is 0. The molecule has 0 saturated heterocycles. The van der Waals surface area contributed by atoms with Crippen molar-refractivity contribution in [2.45, 2.75) is 0 Å². The molecule has 0 unspecified atom stereocenters. The number of rotatable bonds is 4. The molecule has 0 saturated carbocycles. The van der Waals surface area contributed by atoms with Gasteiger partial charge in [0.1, 0.15) is 0 Å². The molecule has 12 heteroatoms. The summed E-state index contributed by atoms with van der Waals surface area (Å²) in [5.41, 5.74) is 4.61. The molecule has 5 aromatic rings. The van der Waals surface area contributed by atoms with Crippen LogP contribution in [0.4, 0.5) is 5.82 Å². The van der Waals surface area contributed by atoms with Crippen molar-refractivity contribution < 1.29 is 4.74 Å². The molecule has 0 aliphatic carbocycles. The average Bonchev–Trinajstić information content (AvgIpc) is 2.84. The highest BCUT2D eigenvalue weighted by Gasteiger charge is 2.16. The Labute approximate surface area is 205 Å². The van der Waals surface area contributed by atoms with Crippen LogP contribution in [0.25, 0.3) is 27.6 Å². The number of ether oxygens (including phenoxy) is 1. The first-order valence-corrected chi connectivity index (χ1v) is 10.8. The average molecular weight is 509 g/mol. The van der Waals surface area contributed by atoms with E-state index < -0.39 is 22.6 Å². The van der Waals surface area contributed by atoms with E-state index in [1.54, 1.807) is 0 Å². The number of nitrogens with two attached hydrogens (primary N) is 1. The van der Waals surface area contributed by atoms with Gasteiger partial charge in [-0.15, -0.1) is 10.2 Å². The molecule has 0 aliphatic heterocycles. The topological polar surface area (TPSA) is 149 Å². The van der Waals surface area contributed by atoms with Gasteiger partial charge in [-0.1, -0.05) is 59.6 Å². The number of hydrogen-bond donors (Lipinski definition) is 3. The zero-order valence-electron chi connectivity index (χ0n) is 17.6. The summed E-state index contributed by atoms with van der Waals surface area (Å²) in [4.78, 5) is 38.1. The van der Waals surface area contributed by atoms with Crippen molar-refractivity contribution in [3.8, 4) is 28.4 Å². The molecule has 2 heterocycles. The van der Waals surface area contributed by atoms with Crippen molar-refractivity contribution in [3.05, 3.63) is 102 Å². The molecule has 4 N–H and O–H groups in total. The minimum atomic E-state index is -0.827. The van der Waals surface area contributed by atoms with Gasteiger partial charge in [-0.25, -0.2) is 9.89 Å². The number of fused-ring (bicyclic) bond motifs is 1. The Bertz CT molecular complexity index is 1770. The van der Waals surface area contributed by atoms with Crippen LogP contribution >= 0.6 is 23.2 Å². The van der Waals surface area contributed by atoms with E-state index in [4.69, 9.17) is 33.7 Å². The lowest BCUT2D eigenvalue weighted by Gasteiger charge is -2.12. The predicted molar refractivity (Wildman–Crippen MR) is 133 cm³/mol. The number of halogens is 2. The Hall–Kier alpha value is -4.41. The highest BCUT2D eigenvalue weighted by atomic mass is 35.5. The van der Waals surface area contributed by atoms with Gasteiger partial charge < -0.3 is 10.5 Å². The van der Waals surface area contributed by atoms with Gasteiger partial charge in [0.25, 0.3) is 11.1 Å². The van der Waals surface area contributed by atoms with Gasteiger partial charge in [0.15, 0.2) is 5.75 Å². The normalized spacial score (nSPS) is 11.0. The van der Waals surface area contributed by atoms with Crippen LogP contribution in [0.5, 0.6) is 11.6 Å². The van der Waals surface area contributed by atoms with Gasteiger partial charge in [0.2, 0.25) is 11.7 Å². The van der Waals surface area contributed by atoms with Crippen LogP contribution in [-0.2, 0) is 0 Å². The quantitative estimate of drug-likeness (QED) is 0.336. The van der Waals surface area contributed by atoms with Crippen LogP contribution in [0, 0.1) is 0 Å². The minimum absolute atomic E-state index is 0.0197. The summed E-state index contributed by atoms with van der Waals surface area (Å²) in [6.45, 7) is 0. The third-order valence-electron chi connectivity index (χ3n) is 5.13. The second kappa shape index (κ2) is 8.75. The third kappa shape index (κ3) is 4.27. The number of aromatic nitrogens is 5. The number of anilines is 1. The Balaban J connectivity index is 1.52. The largest absolute Gasteiger partial charge is 0.434 e. The molecule has 0 spiro atoms. The van der Waals surface area contributed by atoms with E-state index in [1.807, 2.05) is 47.4 Å². The Morgan fingerprint density at radius 3 is 2.34 bits per heavy atom. The minimum Gasteiger partial charge on any atom is -0.434 e. The van der Waals surface area contributed by atoms with Crippen molar-refractivity contribution in [2.75, 3.05) is 5.73 Å². The molecular weight excluding hydrogens is 495 g/mol. The fourth-order valence-corrected chi connectivity index (χ4v) is 4.02. The van der Waals surface area contributed by atoms with Gasteiger partial charge in [0, 0.05) is 6.07 Å². The first kappa shape index (κ1) is 22.4.